The van der Waals surface area contributed by atoms with E-state index < -0.39 is 0 Å². The fourth-order valence-corrected chi connectivity index (χ4v) is 8.63. The Balaban J connectivity index is 1.04. The van der Waals surface area contributed by atoms with Crippen molar-refractivity contribution >= 4 is 62.2 Å². The van der Waals surface area contributed by atoms with Gasteiger partial charge in [-0.05, 0) is 74.2 Å². The van der Waals surface area contributed by atoms with Crippen molar-refractivity contribution in [1.82, 2.24) is 19.5 Å². The molecular formula is C47H36N6. The zero-order valence-electron chi connectivity index (χ0n) is 29.2. The number of nitrogens with one attached hydrogen (secondary N) is 1. The Bertz CT molecular complexity index is 2750. The third-order valence-corrected chi connectivity index (χ3v) is 11.1. The van der Waals surface area contributed by atoms with E-state index in [0.29, 0.717) is 0 Å². The molecule has 254 valence electrons. The van der Waals surface area contributed by atoms with Crippen molar-refractivity contribution in [3.63, 3.8) is 0 Å². The molecule has 2 aromatic heterocycles. The second kappa shape index (κ2) is 12.0. The van der Waals surface area contributed by atoms with Crippen molar-refractivity contribution in [2.24, 2.45) is 10.1 Å². The Labute approximate surface area is 307 Å². The molecule has 5 aromatic carbocycles. The summed E-state index contributed by atoms with van der Waals surface area (Å²) < 4.78 is 4.80. The van der Waals surface area contributed by atoms with Gasteiger partial charge in [-0.3, -0.25) is 0 Å². The zero-order valence-corrected chi connectivity index (χ0v) is 29.2. The standard InChI is InChI=1S/C47H36N6/c1-2-12-35(13-3-1)53-47-40(30-48-53)49-45(31-22-26-33(27-23-31)51-41-18-8-4-14-36(41)37-15-5-9-19-42(37)51)46(50-47)32-24-28-34(29-25-32)52-43-20-10-6-16-38(43)39-17-7-11-21-44(39)52/h1-2,4-8,10-12,14-18,20-30,40,49H,3,9,13,19H2. The topological polar surface area (TPSA) is 49.9 Å². The van der Waals surface area contributed by atoms with Crippen LogP contribution in [0.3, 0.4) is 0 Å². The molecule has 11 rings (SSSR count). The Morgan fingerprint density at radius 1 is 0.604 bits per heavy atom. The van der Waals surface area contributed by atoms with Crippen LogP contribution in [0.15, 0.2) is 161 Å². The summed E-state index contributed by atoms with van der Waals surface area (Å²) in [4.78, 5) is 5.44. The fraction of sp³-hybridized carbons (Fsp3) is 0.106. The minimum absolute atomic E-state index is 0.121. The summed E-state index contributed by atoms with van der Waals surface area (Å²) >= 11 is 0. The molecule has 0 spiro atoms. The number of allylic oxidation sites excluding steroid dienone is 5. The van der Waals surface area contributed by atoms with Crippen LogP contribution >= 0.6 is 0 Å². The highest BCUT2D eigenvalue weighted by atomic mass is 15.5. The number of benzene rings is 5. The van der Waals surface area contributed by atoms with E-state index in [9.17, 15) is 0 Å². The largest absolute Gasteiger partial charge is 0.368 e. The second-order valence-corrected chi connectivity index (χ2v) is 14.1. The van der Waals surface area contributed by atoms with Crippen LogP contribution in [0.4, 0.5) is 0 Å². The normalized spacial score (nSPS) is 17.7. The average Bonchev–Trinajstić information content (AvgIpc) is 3.91. The molecule has 4 heterocycles. The van der Waals surface area contributed by atoms with Crippen LogP contribution in [0.1, 0.15) is 41.6 Å². The molecule has 6 heteroatoms. The lowest BCUT2D eigenvalue weighted by Crippen LogP contribution is -2.42. The molecule has 0 saturated heterocycles. The third-order valence-electron chi connectivity index (χ3n) is 11.1. The van der Waals surface area contributed by atoms with E-state index in [1.54, 1.807) is 0 Å². The summed E-state index contributed by atoms with van der Waals surface area (Å²) in [6.45, 7) is 0. The molecule has 0 radical (unpaired) electrons. The highest BCUT2D eigenvalue weighted by Crippen LogP contribution is 2.38. The summed E-state index contributed by atoms with van der Waals surface area (Å²) in [5, 5.41) is 14.6. The van der Waals surface area contributed by atoms with Gasteiger partial charge in [-0.2, -0.15) is 5.10 Å². The number of aromatic nitrogens is 2. The molecule has 4 aliphatic rings. The van der Waals surface area contributed by atoms with Crippen molar-refractivity contribution in [2.45, 2.75) is 31.7 Å². The molecule has 0 saturated carbocycles. The molecule has 0 bridgehead atoms. The molecule has 1 unspecified atom stereocenters. The lowest BCUT2D eigenvalue weighted by molar-refractivity contribution is 0.526. The number of rotatable bonds is 5. The first kappa shape index (κ1) is 30.0. The number of hydrogen-bond acceptors (Lipinski definition) is 4. The first-order valence-electron chi connectivity index (χ1n) is 18.6. The molecule has 53 heavy (non-hydrogen) atoms. The van der Waals surface area contributed by atoms with E-state index in [1.165, 1.54) is 49.7 Å². The van der Waals surface area contributed by atoms with Gasteiger partial charge in [-0.15, -0.1) is 0 Å². The number of aliphatic imine (C=N–C) groups is 1. The predicted molar refractivity (Wildman–Crippen MR) is 219 cm³/mol. The number of hydrogen-bond donors (Lipinski definition) is 1. The smallest absolute Gasteiger partial charge is 0.158 e. The molecular weight excluding hydrogens is 649 g/mol. The van der Waals surface area contributed by atoms with E-state index in [0.717, 1.165) is 65.4 Å². The van der Waals surface area contributed by atoms with E-state index in [4.69, 9.17) is 10.1 Å². The van der Waals surface area contributed by atoms with Gasteiger partial charge in [0.2, 0.25) is 0 Å². The van der Waals surface area contributed by atoms with Crippen molar-refractivity contribution in [1.29, 1.82) is 0 Å². The van der Waals surface area contributed by atoms with Gasteiger partial charge in [0.1, 0.15) is 6.04 Å². The maximum Gasteiger partial charge on any atom is 0.158 e. The molecule has 6 nitrogen and oxygen atoms in total. The van der Waals surface area contributed by atoms with Gasteiger partial charge in [0.15, 0.2) is 5.84 Å². The first-order valence-corrected chi connectivity index (χ1v) is 18.6. The van der Waals surface area contributed by atoms with Crippen molar-refractivity contribution in [3.05, 3.63) is 174 Å². The number of nitrogens with zero attached hydrogens (tertiary/aromatic N) is 5. The molecule has 0 amide bonds. The van der Waals surface area contributed by atoms with E-state index in [2.05, 4.69) is 166 Å². The zero-order chi connectivity index (χ0) is 34.9. The second-order valence-electron chi connectivity index (χ2n) is 14.1. The maximum atomic E-state index is 5.44. The van der Waals surface area contributed by atoms with E-state index in [-0.39, 0.29) is 6.04 Å². The lowest BCUT2D eigenvalue weighted by Gasteiger charge is -2.29. The Hall–Kier alpha value is -6.66. The van der Waals surface area contributed by atoms with Gasteiger partial charge in [-0.1, -0.05) is 103 Å². The molecule has 2 aliphatic carbocycles. The maximum absolute atomic E-state index is 5.44. The number of amidine groups is 1. The highest BCUT2D eigenvalue weighted by molar-refractivity contribution is 6.13. The van der Waals surface area contributed by atoms with E-state index in [1.807, 2.05) is 11.2 Å². The molecule has 2 aliphatic heterocycles. The van der Waals surface area contributed by atoms with Crippen LogP contribution < -0.4 is 5.32 Å². The van der Waals surface area contributed by atoms with Crippen LogP contribution in [-0.2, 0) is 6.42 Å². The summed E-state index contributed by atoms with van der Waals surface area (Å²) in [6.07, 6.45) is 17.1. The summed E-state index contributed by atoms with van der Waals surface area (Å²) in [6, 6.07) is 43.8. The van der Waals surface area contributed by atoms with Crippen LogP contribution in [0.2, 0.25) is 0 Å². The van der Waals surface area contributed by atoms with Crippen molar-refractivity contribution in [2.75, 3.05) is 0 Å². The Morgan fingerprint density at radius 2 is 1.23 bits per heavy atom. The van der Waals surface area contributed by atoms with Gasteiger partial charge in [0.25, 0.3) is 0 Å². The van der Waals surface area contributed by atoms with Crippen LogP contribution in [0, 0.1) is 0 Å². The Kier molecular flexibility index (Phi) is 6.77. The third kappa shape index (κ3) is 4.72. The van der Waals surface area contributed by atoms with Crippen molar-refractivity contribution < 1.29 is 0 Å². The van der Waals surface area contributed by atoms with Gasteiger partial charge in [0.05, 0.1) is 34.2 Å². The quantitative estimate of drug-likeness (QED) is 0.196. The summed E-state index contributed by atoms with van der Waals surface area (Å²) in [7, 11) is 0. The first-order chi connectivity index (χ1) is 26.3. The van der Waals surface area contributed by atoms with E-state index >= 15 is 0 Å². The predicted octanol–water partition coefficient (Wildman–Crippen LogP) is 10.4. The lowest BCUT2D eigenvalue weighted by atomic mass is 10.0. The van der Waals surface area contributed by atoms with Crippen LogP contribution in [0.5, 0.6) is 0 Å². The average molecular weight is 685 g/mol. The number of para-hydroxylation sites is 3. The number of hydrazone groups is 1. The fourth-order valence-electron chi connectivity index (χ4n) is 8.63. The SMILES string of the molecule is C1=CCCC(N2N=CC3NC(c4ccc(-n5c6c(c7ccccc75)C=CCC6)cc4)=C(c4ccc(-n5c6ccccc6c6ccccc65)cc4)N=C32)=C1. The molecule has 0 fully saturated rings. The van der Waals surface area contributed by atoms with Gasteiger partial charge in [-0.25, -0.2) is 10.0 Å². The van der Waals surface area contributed by atoms with Gasteiger partial charge in [0, 0.05) is 55.6 Å². The summed E-state index contributed by atoms with van der Waals surface area (Å²) in [5.74, 6) is 0.909. The monoisotopic (exact) mass is 684 g/mol. The summed E-state index contributed by atoms with van der Waals surface area (Å²) in [5.41, 5.74) is 13.9. The molecule has 7 aromatic rings. The van der Waals surface area contributed by atoms with Crippen LogP contribution in [0.25, 0.3) is 61.6 Å². The minimum atomic E-state index is -0.121. The minimum Gasteiger partial charge on any atom is -0.368 e. The van der Waals surface area contributed by atoms with Gasteiger partial charge < -0.3 is 14.5 Å². The highest BCUT2D eigenvalue weighted by Gasteiger charge is 2.34. The Morgan fingerprint density at radius 3 is 1.92 bits per heavy atom. The van der Waals surface area contributed by atoms with Crippen LogP contribution in [-0.4, -0.2) is 32.2 Å². The number of fused-ring (bicyclic) bond motifs is 7. The van der Waals surface area contributed by atoms with Gasteiger partial charge >= 0.3 is 0 Å². The molecule has 1 atom stereocenters. The van der Waals surface area contributed by atoms with Crippen molar-refractivity contribution in [3.8, 4) is 11.4 Å². The molecule has 1 N–H and O–H groups in total.